The summed E-state index contributed by atoms with van der Waals surface area (Å²) in [4.78, 5) is 40.0. The second-order valence-electron chi connectivity index (χ2n) is 8.40. The summed E-state index contributed by atoms with van der Waals surface area (Å²) in [5, 5.41) is 2.90. The first-order valence-corrected chi connectivity index (χ1v) is 11.3. The predicted molar refractivity (Wildman–Crippen MR) is 129 cm³/mol. The zero-order valence-corrected chi connectivity index (χ0v) is 19.8. The fraction of sp³-hybridized carbons (Fsp3) is 0.222. The largest absolute Gasteiger partial charge is 0.496 e. The molecule has 3 aromatic carbocycles. The zero-order chi connectivity index (χ0) is 25.2. The standard InChI is InChI=1S/C27H24N2O7/c1-33-13-17-10-19(11-18-14-35-15-36-24(17)18)28-25(30)22-9-16(7-8-23(22)34-2)12-29-26(31)20-5-3-4-6-21(20)27(29)32/h3-11H,12-15H2,1-2H3,(H,28,30). The third kappa shape index (κ3) is 4.30. The molecule has 3 amide bonds. The van der Waals surface area contributed by atoms with Crippen LogP contribution in [0.1, 0.15) is 47.8 Å². The topological polar surface area (TPSA) is 103 Å². The molecule has 0 fully saturated rings. The second-order valence-corrected chi connectivity index (χ2v) is 8.40. The Kier molecular flexibility index (Phi) is 6.41. The fourth-order valence-electron chi connectivity index (χ4n) is 4.43. The summed E-state index contributed by atoms with van der Waals surface area (Å²) < 4.78 is 21.7. The van der Waals surface area contributed by atoms with Crippen molar-refractivity contribution in [3.8, 4) is 11.5 Å². The van der Waals surface area contributed by atoms with E-state index in [0.29, 0.717) is 47.1 Å². The van der Waals surface area contributed by atoms with Gasteiger partial charge in [0.05, 0.1) is 43.6 Å². The molecule has 0 radical (unpaired) electrons. The lowest BCUT2D eigenvalue weighted by Gasteiger charge is -2.22. The van der Waals surface area contributed by atoms with Gasteiger partial charge >= 0.3 is 0 Å². The molecule has 0 unspecified atom stereocenters. The lowest BCUT2D eigenvalue weighted by atomic mass is 10.1. The molecule has 2 aliphatic rings. The maximum Gasteiger partial charge on any atom is 0.261 e. The number of methoxy groups -OCH3 is 2. The van der Waals surface area contributed by atoms with Crippen molar-refractivity contribution in [2.75, 3.05) is 26.3 Å². The number of carbonyl (C=O) groups excluding carboxylic acids is 3. The minimum Gasteiger partial charge on any atom is -0.496 e. The number of fused-ring (bicyclic) bond motifs is 2. The molecule has 0 saturated heterocycles. The van der Waals surface area contributed by atoms with Gasteiger partial charge in [-0.25, -0.2) is 0 Å². The van der Waals surface area contributed by atoms with Crippen LogP contribution in [0.15, 0.2) is 54.6 Å². The molecule has 9 nitrogen and oxygen atoms in total. The first-order chi connectivity index (χ1) is 17.5. The number of anilines is 1. The molecular formula is C27H24N2O7. The number of hydrogen-bond donors (Lipinski definition) is 1. The number of nitrogens with zero attached hydrogens (tertiary/aromatic N) is 1. The van der Waals surface area contributed by atoms with Crippen LogP contribution in [0.2, 0.25) is 0 Å². The van der Waals surface area contributed by atoms with Crippen molar-refractivity contribution in [2.45, 2.75) is 19.8 Å². The molecule has 2 heterocycles. The normalized spacial score (nSPS) is 14.2. The molecule has 36 heavy (non-hydrogen) atoms. The number of amides is 3. The Hall–Kier alpha value is -4.21. The Morgan fingerprint density at radius 1 is 1.03 bits per heavy atom. The zero-order valence-electron chi connectivity index (χ0n) is 19.8. The Bertz CT molecular complexity index is 1330. The van der Waals surface area contributed by atoms with Crippen LogP contribution in [0, 0.1) is 0 Å². The molecule has 0 aliphatic carbocycles. The van der Waals surface area contributed by atoms with Crippen LogP contribution in [0.3, 0.4) is 0 Å². The van der Waals surface area contributed by atoms with Gasteiger partial charge in [0.25, 0.3) is 17.7 Å². The lowest BCUT2D eigenvalue weighted by molar-refractivity contribution is -0.0179. The molecule has 1 N–H and O–H groups in total. The Labute approximate surface area is 207 Å². The van der Waals surface area contributed by atoms with Crippen LogP contribution < -0.4 is 14.8 Å². The number of rotatable bonds is 7. The summed E-state index contributed by atoms with van der Waals surface area (Å²) in [7, 11) is 3.06. The molecule has 0 aromatic heterocycles. The minimum absolute atomic E-state index is 0.0299. The van der Waals surface area contributed by atoms with Crippen molar-refractivity contribution in [1.82, 2.24) is 4.90 Å². The van der Waals surface area contributed by atoms with Crippen LogP contribution in [0.25, 0.3) is 0 Å². The van der Waals surface area contributed by atoms with E-state index >= 15 is 0 Å². The van der Waals surface area contributed by atoms with Gasteiger partial charge in [-0.3, -0.25) is 19.3 Å². The molecular weight excluding hydrogens is 464 g/mol. The third-order valence-electron chi connectivity index (χ3n) is 6.07. The molecule has 2 aliphatic heterocycles. The van der Waals surface area contributed by atoms with Crippen molar-refractivity contribution in [1.29, 1.82) is 0 Å². The predicted octanol–water partition coefficient (Wildman–Crippen LogP) is 3.76. The van der Waals surface area contributed by atoms with Crippen LogP contribution in [-0.2, 0) is 29.2 Å². The fourth-order valence-corrected chi connectivity index (χ4v) is 4.43. The van der Waals surface area contributed by atoms with Gasteiger partial charge in [0.2, 0.25) is 0 Å². The van der Waals surface area contributed by atoms with Gasteiger partial charge < -0.3 is 24.3 Å². The summed E-state index contributed by atoms with van der Waals surface area (Å²) in [6.07, 6.45) is 0. The molecule has 0 saturated carbocycles. The third-order valence-corrected chi connectivity index (χ3v) is 6.07. The summed E-state index contributed by atoms with van der Waals surface area (Å²) in [6.45, 7) is 0.856. The van der Waals surface area contributed by atoms with Crippen molar-refractivity contribution in [3.63, 3.8) is 0 Å². The van der Waals surface area contributed by atoms with Crippen LogP contribution >= 0.6 is 0 Å². The average molecular weight is 488 g/mol. The highest BCUT2D eigenvalue weighted by molar-refractivity contribution is 6.21. The monoisotopic (exact) mass is 488 g/mol. The van der Waals surface area contributed by atoms with Gasteiger partial charge in [-0.15, -0.1) is 0 Å². The number of carbonyl (C=O) groups is 3. The number of imide groups is 1. The van der Waals surface area contributed by atoms with E-state index in [1.807, 2.05) is 0 Å². The minimum atomic E-state index is -0.406. The molecule has 0 atom stereocenters. The SMILES string of the molecule is COCc1cc(NC(=O)c2cc(CN3C(=O)c4ccccc4C3=O)ccc2OC)cc2c1OCOC2. The van der Waals surface area contributed by atoms with Gasteiger partial charge in [-0.1, -0.05) is 18.2 Å². The van der Waals surface area contributed by atoms with Crippen molar-refractivity contribution in [2.24, 2.45) is 0 Å². The highest BCUT2D eigenvalue weighted by Gasteiger charge is 2.35. The average Bonchev–Trinajstić information content (AvgIpc) is 3.13. The number of hydrogen-bond acceptors (Lipinski definition) is 7. The Balaban J connectivity index is 1.40. The molecule has 3 aromatic rings. The number of nitrogens with one attached hydrogen (secondary N) is 1. The van der Waals surface area contributed by atoms with Gasteiger partial charge in [0.15, 0.2) is 6.79 Å². The summed E-state index contributed by atoms with van der Waals surface area (Å²) in [5.74, 6) is -0.0674. The van der Waals surface area contributed by atoms with Crippen molar-refractivity contribution >= 4 is 23.4 Å². The van der Waals surface area contributed by atoms with Gasteiger partial charge in [-0.05, 0) is 42.0 Å². The van der Waals surface area contributed by atoms with Gasteiger partial charge in [0, 0.05) is 23.9 Å². The van der Waals surface area contributed by atoms with Crippen molar-refractivity contribution in [3.05, 3.63) is 88.0 Å². The van der Waals surface area contributed by atoms with Gasteiger partial charge in [-0.2, -0.15) is 0 Å². The molecule has 0 spiro atoms. The number of benzene rings is 3. The number of ether oxygens (including phenoxy) is 4. The van der Waals surface area contributed by atoms with Crippen LogP contribution in [0.5, 0.6) is 11.5 Å². The maximum absolute atomic E-state index is 13.3. The van der Waals surface area contributed by atoms with E-state index in [-0.39, 0.29) is 30.7 Å². The first-order valence-electron chi connectivity index (χ1n) is 11.3. The molecule has 0 bridgehead atoms. The van der Waals surface area contributed by atoms with E-state index in [9.17, 15) is 14.4 Å². The lowest BCUT2D eigenvalue weighted by Crippen LogP contribution is -2.29. The first kappa shape index (κ1) is 23.5. The van der Waals surface area contributed by atoms with E-state index in [4.69, 9.17) is 18.9 Å². The molecule has 184 valence electrons. The highest BCUT2D eigenvalue weighted by atomic mass is 16.7. The van der Waals surface area contributed by atoms with Crippen LogP contribution in [-0.4, -0.2) is 43.6 Å². The van der Waals surface area contributed by atoms with Gasteiger partial charge in [0.1, 0.15) is 11.5 Å². The van der Waals surface area contributed by atoms with E-state index in [0.717, 1.165) is 11.1 Å². The summed E-state index contributed by atoms with van der Waals surface area (Å²) in [6, 6.07) is 15.3. The smallest absolute Gasteiger partial charge is 0.261 e. The van der Waals surface area contributed by atoms with E-state index in [1.165, 1.54) is 12.0 Å². The van der Waals surface area contributed by atoms with Crippen LogP contribution in [0.4, 0.5) is 5.69 Å². The molecule has 5 rings (SSSR count). The van der Waals surface area contributed by atoms with E-state index in [1.54, 1.807) is 61.7 Å². The highest BCUT2D eigenvalue weighted by Crippen LogP contribution is 2.33. The summed E-state index contributed by atoms with van der Waals surface area (Å²) >= 11 is 0. The van der Waals surface area contributed by atoms with E-state index < -0.39 is 5.91 Å². The molecule has 9 heteroatoms. The Morgan fingerprint density at radius 3 is 2.47 bits per heavy atom. The maximum atomic E-state index is 13.3. The Morgan fingerprint density at radius 2 is 1.78 bits per heavy atom. The van der Waals surface area contributed by atoms with Crippen molar-refractivity contribution < 1.29 is 33.3 Å². The quantitative estimate of drug-likeness (QED) is 0.505. The second kappa shape index (κ2) is 9.80. The summed E-state index contributed by atoms with van der Waals surface area (Å²) in [5.41, 5.74) is 3.78. The van der Waals surface area contributed by atoms with E-state index in [2.05, 4.69) is 5.32 Å².